The lowest BCUT2D eigenvalue weighted by molar-refractivity contribution is -0.140. The monoisotopic (exact) mass is 424 g/mol. The second-order valence-electron chi connectivity index (χ2n) is 6.26. The fraction of sp³-hybridized carbons (Fsp3) is 0.389. The molecule has 0 aliphatic carbocycles. The molecular formula is C18H24N4O8. The summed E-state index contributed by atoms with van der Waals surface area (Å²) in [4.78, 5) is 53.2. The molecule has 12 nitrogen and oxygen atoms in total. The molecule has 1 heterocycles. The van der Waals surface area contributed by atoms with Gasteiger partial charge in [0.15, 0.2) is 0 Å². The Labute approximate surface area is 171 Å². The number of amides is 2. The third kappa shape index (κ3) is 9.12. The number of aliphatic carboxylic acids is 2. The number of nitrogens with two attached hydrogens (primary N) is 2. The van der Waals surface area contributed by atoms with Gasteiger partial charge in [-0.2, -0.15) is 0 Å². The van der Waals surface area contributed by atoms with Crippen LogP contribution in [0.25, 0.3) is 0 Å². The molecule has 1 fully saturated rings. The molecule has 0 bridgehead atoms. The van der Waals surface area contributed by atoms with Gasteiger partial charge >= 0.3 is 29.7 Å². The Morgan fingerprint density at radius 1 is 0.967 bits per heavy atom. The van der Waals surface area contributed by atoms with Gasteiger partial charge in [-0.1, -0.05) is 12.1 Å². The number of carbonyl (C=O) groups excluding carboxylic acids is 3. The van der Waals surface area contributed by atoms with E-state index in [4.69, 9.17) is 26.4 Å². The van der Waals surface area contributed by atoms with E-state index in [1.807, 2.05) is 0 Å². The Morgan fingerprint density at radius 3 is 1.93 bits per heavy atom. The average molecular weight is 424 g/mol. The van der Waals surface area contributed by atoms with E-state index in [0.717, 1.165) is 0 Å². The summed E-state index contributed by atoms with van der Waals surface area (Å²) in [5.74, 6) is -3.69. The van der Waals surface area contributed by atoms with E-state index in [9.17, 15) is 24.0 Å². The maximum Gasteiger partial charge on any atom is 0.328 e. The van der Waals surface area contributed by atoms with Gasteiger partial charge in [0.1, 0.15) is 17.8 Å². The minimum atomic E-state index is -1.10. The third-order valence-electron chi connectivity index (χ3n) is 3.79. The van der Waals surface area contributed by atoms with Crippen LogP contribution in [-0.4, -0.2) is 65.1 Å². The van der Waals surface area contributed by atoms with Gasteiger partial charge in [0.2, 0.25) is 0 Å². The van der Waals surface area contributed by atoms with Crippen LogP contribution >= 0.6 is 0 Å². The summed E-state index contributed by atoms with van der Waals surface area (Å²) >= 11 is 0. The zero-order valence-corrected chi connectivity index (χ0v) is 16.0. The minimum Gasteiger partial charge on any atom is -0.481 e. The highest BCUT2D eigenvalue weighted by Crippen LogP contribution is 2.14. The number of rotatable bonds is 8. The number of carbonyl (C=O) groups is 5. The van der Waals surface area contributed by atoms with Crippen molar-refractivity contribution in [3.8, 4) is 5.75 Å². The van der Waals surface area contributed by atoms with Crippen molar-refractivity contribution < 1.29 is 38.9 Å². The standard InChI is InChI=1S/C14H18N2O6.C4H6N2O2/c15-10(5-6-12(17)18)14(21)22-9-3-1-8(2-4-9)7-11(16)13(19)20;7-3-4(8)6-2-1-5-3/h1-4,10-11H,5-7,15-16H2,(H,17,18)(H,19,20);1-2H2,(H,5,7)(H,6,8). The van der Waals surface area contributed by atoms with Gasteiger partial charge in [0.25, 0.3) is 0 Å². The fourth-order valence-electron chi connectivity index (χ4n) is 2.14. The number of benzene rings is 1. The Bertz CT molecular complexity index is 765. The molecule has 164 valence electrons. The van der Waals surface area contributed by atoms with Crippen LogP contribution in [0.5, 0.6) is 5.75 Å². The summed E-state index contributed by atoms with van der Waals surface area (Å²) in [6, 6.07) is 4.15. The lowest BCUT2D eigenvalue weighted by atomic mass is 10.1. The Hall–Kier alpha value is -3.51. The van der Waals surface area contributed by atoms with E-state index in [2.05, 4.69) is 10.6 Å². The molecule has 1 aliphatic heterocycles. The Morgan fingerprint density at radius 2 is 1.50 bits per heavy atom. The van der Waals surface area contributed by atoms with Crippen LogP contribution in [0.1, 0.15) is 18.4 Å². The van der Waals surface area contributed by atoms with Crippen LogP contribution in [0, 0.1) is 0 Å². The lowest BCUT2D eigenvalue weighted by Gasteiger charge is -2.11. The normalized spacial score (nSPS) is 14.9. The van der Waals surface area contributed by atoms with E-state index in [1.165, 1.54) is 12.1 Å². The number of hydrogen-bond acceptors (Lipinski definition) is 8. The summed E-state index contributed by atoms with van der Waals surface area (Å²) in [6.07, 6.45) is -0.0797. The number of ether oxygens (including phenoxy) is 1. The zero-order valence-electron chi connectivity index (χ0n) is 16.0. The van der Waals surface area contributed by atoms with Crippen LogP contribution in [-0.2, 0) is 30.4 Å². The second kappa shape index (κ2) is 12.1. The molecule has 1 aromatic carbocycles. The summed E-state index contributed by atoms with van der Waals surface area (Å²) in [5.41, 5.74) is 11.6. The maximum absolute atomic E-state index is 11.6. The predicted octanol–water partition coefficient (Wildman–Crippen LogP) is -2.03. The molecule has 2 rings (SSSR count). The molecule has 2 atom stereocenters. The van der Waals surface area contributed by atoms with Gasteiger partial charge < -0.3 is 37.1 Å². The summed E-state index contributed by atoms with van der Waals surface area (Å²) in [5, 5.41) is 22.0. The first-order chi connectivity index (χ1) is 14.1. The maximum atomic E-state index is 11.6. The highest BCUT2D eigenvalue weighted by atomic mass is 16.5. The van der Waals surface area contributed by atoms with Crippen LogP contribution in [0.15, 0.2) is 24.3 Å². The number of hydrogen-bond donors (Lipinski definition) is 6. The fourth-order valence-corrected chi connectivity index (χ4v) is 2.14. The lowest BCUT2D eigenvalue weighted by Crippen LogP contribution is -2.49. The van der Waals surface area contributed by atoms with E-state index in [1.54, 1.807) is 12.1 Å². The summed E-state index contributed by atoms with van der Waals surface area (Å²) in [7, 11) is 0. The van der Waals surface area contributed by atoms with Crippen molar-refractivity contribution in [1.29, 1.82) is 0 Å². The SMILES string of the molecule is NC(Cc1ccc(OC(=O)C(N)CCC(=O)O)cc1)C(=O)O.O=C1NCCNC1=O. The summed E-state index contributed by atoms with van der Waals surface area (Å²) < 4.78 is 5.01. The molecule has 2 unspecified atom stereocenters. The van der Waals surface area contributed by atoms with Crippen molar-refractivity contribution in [3.63, 3.8) is 0 Å². The Balaban J connectivity index is 0.000000467. The number of carboxylic acid groups (broad SMARTS) is 2. The first-order valence-corrected chi connectivity index (χ1v) is 8.92. The molecule has 1 aliphatic rings. The van der Waals surface area contributed by atoms with Crippen molar-refractivity contribution >= 4 is 29.7 Å². The van der Waals surface area contributed by atoms with Crippen molar-refractivity contribution in [2.45, 2.75) is 31.3 Å². The van der Waals surface area contributed by atoms with Crippen molar-refractivity contribution in [3.05, 3.63) is 29.8 Å². The third-order valence-corrected chi connectivity index (χ3v) is 3.79. The second-order valence-corrected chi connectivity index (χ2v) is 6.26. The topological polar surface area (TPSA) is 211 Å². The van der Waals surface area contributed by atoms with Crippen LogP contribution < -0.4 is 26.8 Å². The molecule has 2 amide bonds. The zero-order chi connectivity index (χ0) is 22.7. The largest absolute Gasteiger partial charge is 0.481 e. The predicted molar refractivity (Wildman–Crippen MR) is 102 cm³/mol. The molecule has 0 radical (unpaired) electrons. The minimum absolute atomic E-state index is 0.0142. The molecule has 12 heteroatoms. The van der Waals surface area contributed by atoms with E-state index < -0.39 is 41.8 Å². The van der Waals surface area contributed by atoms with Crippen LogP contribution in [0.3, 0.4) is 0 Å². The van der Waals surface area contributed by atoms with Crippen molar-refractivity contribution in [2.24, 2.45) is 11.5 Å². The molecule has 0 saturated carbocycles. The van der Waals surface area contributed by atoms with E-state index in [-0.39, 0.29) is 25.0 Å². The average Bonchev–Trinajstić information content (AvgIpc) is 2.70. The highest BCUT2D eigenvalue weighted by Gasteiger charge is 2.18. The van der Waals surface area contributed by atoms with Gasteiger partial charge in [-0.15, -0.1) is 0 Å². The molecule has 8 N–H and O–H groups in total. The number of esters is 1. The first-order valence-electron chi connectivity index (χ1n) is 8.92. The van der Waals surface area contributed by atoms with E-state index >= 15 is 0 Å². The quantitative estimate of drug-likeness (QED) is 0.153. The van der Waals surface area contributed by atoms with Crippen molar-refractivity contribution in [1.82, 2.24) is 10.6 Å². The van der Waals surface area contributed by atoms with Gasteiger partial charge in [-0.05, 0) is 30.5 Å². The van der Waals surface area contributed by atoms with Gasteiger partial charge in [-0.25, -0.2) is 4.79 Å². The van der Waals surface area contributed by atoms with Crippen molar-refractivity contribution in [2.75, 3.05) is 13.1 Å². The van der Waals surface area contributed by atoms with Gasteiger partial charge in [0, 0.05) is 19.5 Å². The first kappa shape index (κ1) is 24.5. The number of piperazine rings is 1. The molecule has 1 aromatic rings. The molecular weight excluding hydrogens is 400 g/mol. The molecule has 30 heavy (non-hydrogen) atoms. The molecule has 1 saturated heterocycles. The van der Waals surface area contributed by atoms with Crippen LogP contribution in [0.4, 0.5) is 0 Å². The summed E-state index contributed by atoms with van der Waals surface area (Å²) in [6.45, 7) is 1.09. The van der Waals surface area contributed by atoms with E-state index in [0.29, 0.717) is 18.7 Å². The number of nitrogens with one attached hydrogen (secondary N) is 2. The van der Waals surface area contributed by atoms with Crippen LogP contribution in [0.2, 0.25) is 0 Å². The number of carboxylic acids is 2. The highest BCUT2D eigenvalue weighted by molar-refractivity contribution is 6.35. The Kier molecular flexibility index (Phi) is 9.92. The van der Waals surface area contributed by atoms with Gasteiger partial charge in [0.05, 0.1) is 0 Å². The smallest absolute Gasteiger partial charge is 0.328 e. The van der Waals surface area contributed by atoms with Gasteiger partial charge in [-0.3, -0.25) is 19.2 Å². The molecule has 0 aromatic heterocycles. The molecule has 0 spiro atoms.